The third-order valence-corrected chi connectivity index (χ3v) is 7.71. The molecule has 0 spiro atoms. The quantitative estimate of drug-likeness (QED) is 0.717. The van der Waals surface area contributed by atoms with Gasteiger partial charge in [-0.2, -0.15) is 4.31 Å². The Hall–Kier alpha value is -2.71. The van der Waals surface area contributed by atoms with Gasteiger partial charge in [0.15, 0.2) is 0 Å². The van der Waals surface area contributed by atoms with Crippen molar-refractivity contribution in [1.82, 2.24) is 14.9 Å². The van der Waals surface area contributed by atoms with Crippen molar-refractivity contribution in [3.05, 3.63) is 64.7 Å². The molecule has 1 aliphatic heterocycles. The number of carbonyl (C=O) groups excluding carboxylic acids is 2. The van der Waals surface area contributed by atoms with Gasteiger partial charge in [0.05, 0.1) is 4.90 Å². The zero-order valence-electron chi connectivity index (χ0n) is 18.1. The van der Waals surface area contributed by atoms with Crippen molar-refractivity contribution in [3.8, 4) is 0 Å². The fourth-order valence-corrected chi connectivity index (χ4v) is 5.56. The summed E-state index contributed by atoms with van der Waals surface area (Å²) >= 11 is 0. The molecule has 0 aliphatic carbocycles. The van der Waals surface area contributed by atoms with E-state index < -0.39 is 10.0 Å². The summed E-state index contributed by atoms with van der Waals surface area (Å²) in [5, 5.41) is 5.49. The summed E-state index contributed by atoms with van der Waals surface area (Å²) in [6.45, 7) is 4.70. The molecule has 7 nitrogen and oxygen atoms in total. The maximum Gasteiger partial charge on any atom is 0.251 e. The number of carbonyl (C=O) groups is 2. The van der Waals surface area contributed by atoms with E-state index in [0.717, 1.165) is 16.7 Å². The van der Waals surface area contributed by atoms with Crippen LogP contribution in [-0.2, 0) is 21.4 Å². The minimum Gasteiger partial charge on any atom is -0.355 e. The average Bonchev–Trinajstić information content (AvgIpc) is 2.77. The summed E-state index contributed by atoms with van der Waals surface area (Å²) in [6.07, 6.45) is 0.961. The van der Waals surface area contributed by atoms with E-state index in [1.165, 1.54) is 4.31 Å². The van der Waals surface area contributed by atoms with E-state index in [1.807, 2.05) is 19.1 Å². The molecule has 0 saturated carbocycles. The Bertz CT molecular complexity index is 1070. The highest BCUT2D eigenvalue weighted by molar-refractivity contribution is 7.89. The Morgan fingerprint density at radius 1 is 1.06 bits per heavy atom. The van der Waals surface area contributed by atoms with Crippen LogP contribution < -0.4 is 10.6 Å². The molecule has 0 radical (unpaired) electrons. The molecule has 2 aromatic carbocycles. The van der Waals surface area contributed by atoms with Crippen molar-refractivity contribution >= 4 is 21.8 Å². The van der Waals surface area contributed by atoms with E-state index in [4.69, 9.17) is 0 Å². The lowest BCUT2D eigenvalue weighted by Gasteiger charge is -2.31. The van der Waals surface area contributed by atoms with E-state index in [-0.39, 0.29) is 17.7 Å². The van der Waals surface area contributed by atoms with Crippen LogP contribution in [0.25, 0.3) is 0 Å². The first-order valence-electron chi connectivity index (χ1n) is 10.4. The van der Waals surface area contributed by atoms with Gasteiger partial charge in [0.25, 0.3) is 5.91 Å². The molecule has 1 fully saturated rings. The Balaban J connectivity index is 1.57. The standard InChI is InChI=1S/C23H29N3O4S/c1-16-7-8-21(17(2)13-16)31(29,30)26-11-9-19(10-12-26)23(28)25-15-18-5-4-6-20(14-18)22(27)24-3/h4-8,13-14,19H,9-12,15H2,1-3H3,(H,24,27)(H,25,28). The number of hydrogen-bond acceptors (Lipinski definition) is 4. The van der Waals surface area contributed by atoms with Gasteiger partial charge in [-0.15, -0.1) is 0 Å². The van der Waals surface area contributed by atoms with Gasteiger partial charge in [0.1, 0.15) is 0 Å². The van der Waals surface area contributed by atoms with Gasteiger partial charge in [-0.1, -0.05) is 29.8 Å². The molecule has 2 amide bonds. The van der Waals surface area contributed by atoms with Crippen LogP contribution >= 0.6 is 0 Å². The average molecular weight is 444 g/mol. The van der Waals surface area contributed by atoms with Gasteiger partial charge in [-0.05, 0) is 56.0 Å². The molecule has 166 valence electrons. The van der Waals surface area contributed by atoms with Gasteiger partial charge in [-0.3, -0.25) is 9.59 Å². The number of aryl methyl sites for hydroxylation is 2. The number of piperidine rings is 1. The predicted molar refractivity (Wildman–Crippen MR) is 119 cm³/mol. The van der Waals surface area contributed by atoms with Crippen LogP contribution in [0.2, 0.25) is 0 Å². The van der Waals surface area contributed by atoms with Crippen LogP contribution in [0, 0.1) is 19.8 Å². The molecule has 31 heavy (non-hydrogen) atoms. The second-order valence-electron chi connectivity index (χ2n) is 7.94. The molecule has 0 bridgehead atoms. The van der Waals surface area contributed by atoms with Crippen LogP contribution in [0.1, 0.15) is 39.9 Å². The van der Waals surface area contributed by atoms with Gasteiger partial charge < -0.3 is 10.6 Å². The van der Waals surface area contributed by atoms with E-state index in [1.54, 1.807) is 44.3 Å². The van der Waals surface area contributed by atoms with Crippen molar-refractivity contribution in [2.24, 2.45) is 5.92 Å². The van der Waals surface area contributed by atoms with Crippen LogP contribution in [0.3, 0.4) is 0 Å². The SMILES string of the molecule is CNC(=O)c1cccc(CNC(=O)C2CCN(S(=O)(=O)c3ccc(C)cc3C)CC2)c1. The van der Waals surface area contributed by atoms with Crippen molar-refractivity contribution in [3.63, 3.8) is 0 Å². The minimum absolute atomic E-state index is 0.0890. The molecular formula is C23H29N3O4S. The topological polar surface area (TPSA) is 95.6 Å². The molecule has 2 aromatic rings. The van der Waals surface area contributed by atoms with Gasteiger partial charge in [-0.25, -0.2) is 8.42 Å². The fraction of sp³-hybridized carbons (Fsp3) is 0.391. The van der Waals surface area contributed by atoms with Crippen LogP contribution in [0.5, 0.6) is 0 Å². The van der Waals surface area contributed by atoms with E-state index in [0.29, 0.717) is 42.9 Å². The first kappa shape index (κ1) is 23.0. The summed E-state index contributed by atoms with van der Waals surface area (Å²) in [4.78, 5) is 24.7. The molecule has 0 atom stereocenters. The second-order valence-corrected chi connectivity index (χ2v) is 9.85. The van der Waals surface area contributed by atoms with Crippen molar-refractivity contribution < 1.29 is 18.0 Å². The third kappa shape index (κ3) is 5.32. The molecule has 0 unspecified atom stereocenters. The van der Waals surface area contributed by atoms with Crippen molar-refractivity contribution in [2.45, 2.75) is 38.1 Å². The normalized spacial score (nSPS) is 15.5. The summed E-state index contributed by atoms with van der Waals surface area (Å²) in [5.74, 6) is -0.493. The maximum absolute atomic E-state index is 13.0. The van der Waals surface area contributed by atoms with Crippen LogP contribution in [0.15, 0.2) is 47.4 Å². The summed E-state index contributed by atoms with van der Waals surface area (Å²) in [5.41, 5.74) is 3.13. The summed E-state index contributed by atoms with van der Waals surface area (Å²) < 4.78 is 27.5. The highest BCUT2D eigenvalue weighted by Crippen LogP contribution is 2.26. The Kier molecular flexibility index (Phi) is 7.12. The highest BCUT2D eigenvalue weighted by atomic mass is 32.2. The van der Waals surface area contributed by atoms with Crippen molar-refractivity contribution in [2.75, 3.05) is 20.1 Å². The van der Waals surface area contributed by atoms with Gasteiger partial charge in [0.2, 0.25) is 15.9 Å². The Labute approximate surface area is 183 Å². The summed E-state index contributed by atoms with van der Waals surface area (Å²) in [7, 11) is -1.99. The maximum atomic E-state index is 13.0. The molecule has 8 heteroatoms. The van der Waals surface area contributed by atoms with Crippen LogP contribution in [-0.4, -0.2) is 44.7 Å². The zero-order chi connectivity index (χ0) is 22.6. The number of nitrogens with zero attached hydrogens (tertiary/aromatic N) is 1. The number of hydrogen-bond donors (Lipinski definition) is 2. The Morgan fingerprint density at radius 3 is 2.42 bits per heavy atom. The van der Waals surface area contributed by atoms with E-state index in [2.05, 4.69) is 10.6 Å². The number of nitrogens with one attached hydrogen (secondary N) is 2. The zero-order valence-corrected chi connectivity index (χ0v) is 19.0. The lowest BCUT2D eigenvalue weighted by molar-refractivity contribution is -0.126. The number of rotatable bonds is 6. The van der Waals surface area contributed by atoms with Crippen LogP contribution in [0.4, 0.5) is 0 Å². The molecule has 2 N–H and O–H groups in total. The van der Waals surface area contributed by atoms with Crippen molar-refractivity contribution in [1.29, 1.82) is 0 Å². The van der Waals surface area contributed by atoms with Gasteiger partial charge >= 0.3 is 0 Å². The fourth-order valence-electron chi connectivity index (χ4n) is 3.89. The molecule has 3 rings (SSSR count). The largest absolute Gasteiger partial charge is 0.355 e. The summed E-state index contributed by atoms with van der Waals surface area (Å²) in [6, 6.07) is 12.4. The van der Waals surface area contributed by atoms with E-state index in [9.17, 15) is 18.0 Å². The molecule has 1 aliphatic rings. The Morgan fingerprint density at radius 2 is 1.77 bits per heavy atom. The first-order valence-corrected chi connectivity index (χ1v) is 11.8. The smallest absolute Gasteiger partial charge is 0.251 e. The molecule has 1 heterocycles. The molecule has 0 aromatic heterocycles. The second kappa shape index (κ2) is 9.62. The predicted octanol–water partition coefficient (Wildman–Crippen LogP) is 2.38. The lowest BCUT2D eigenvalue weighted by atomic mass is 9.97. The van der Waals surface area contributed by atoms with E-state index >= 15 is 0 Å². The lowest BCUT2D eigenvalue weighted by Crippen LogP contribution is -2.43. The molecular weight excluding hydrogens is 414 g/mol. The third-order valence-electron chi connectivity index (χ3n) is 5.66. The number of sulfonamides is 1. The first-order chi connectivity index (χ1) is 14.7. The number of amides is 2. The van der Waals surface area contributed by atoms with Gasteiger partial charge in [0, 0.05) is 38.2 Å². The minimum atomic E-state index is -3.57. The molecule has 1 saturated heterocycles. The number of benzene rings is 2. The monoisotopic (exact) mass is 443 g/mol. The highest BCUT2D eigenvalue weighted by Gasteiger charge is 2.32.